The van der Waals surface area contributed by atoms with Crippen molar-refractivity contribution >= 4 is 21.8 Å². The van der Waals surface area contributed by atoms with E-state index in [1.807, 2.05) is 0 Å². The van der Waals surface area contributed by atoms with Gasteiger partial charge in [0.15, 0.2) is 0 Å². The lowest BCUT2D eigenvalue weighted by molar-refractivity contribution is -0.140. The molecule has 1 heterocycles. The van der Waals surface area contributed by atoms with Gasteiger partial charge in [-0.1, -0.05) is 12.1 Å². The van der Waals surface area contributed by atoms with Gasteiger partial charge in [0.1, 0.15) is 17.9 Å². The molecular weight excluding hydrogens is 444 g/mol. The van der Waals surface area contributed by atoms with Gasteiger partial charge < -0.3 is 15.4 Å². The largest absolute Gasteiger partial charge is 0.360 e. The zero-order valence-electron chi connectivity index (χ0n) is 17.1. The van der Waals surface area contributed by atoms with E-state index in [0.29, 0.717) is 19.4 Å². The van der Waals surface area contributed by atoms with E-state index in [1.54, 1.807) is 12.1 Å². The minimum absolute atomic E-state index is 0.0979. The van der Waals surface area contributed by atoms with Crippen LogP contribution in [0.15, 0.2) is 53.4 Å². The highest BCUT2D eigenvalue weighted by atomic mass is 32.2. The number of carbonyl (C=O) groups is 2. The predicted octanol–water partition coefficient (Wildman–Crippen LogP) is 1.18. The molecule has 1 aliphatic rings. The second kappa shape index (κ2) is 10.6. The third kappa shape index (κ3) is 6.09. The van der Waals surface area contributed by atoms with Gasteiger partial charge in [-0.3, -0.25) is 9.59 Å². The summed E-state index contributed by atoms with van der Waals surface area (Å²) >= 11 is 0. The molecule has 11 heteroatoms. The molecule has 3 rings (SSSR count). The van der Waals surface area contributed by atoms with E-state index in [-0.39, 0.29) is 30.3 Å². The number of carbonyl (C=O) groups excluding carboxylic acids is 2. The van der Waals surface area contributed by atoms with Gasteiger partial charge in [-0.2, -0.15) is 4.31 Å². The summed E-state index contributed by atoms with van der Waals surface area (Å²) in [6, 6.07) is 10.2. The van der Waals surface area contributed by atoms with Gasteiger partial charge in [-0.25, -0.2) is 17.2 Å². The van der Waals surface area contributed by atoms with Crippen LogP contribution in [0.4, 0.5) is 8.78 Å². The summed E-state index contributed by atoms with van der Waals surface area (Å²) in [6.45, 7) is 0.386. The van der Waals surface area contributed by atoms with Crippen molar-refractivity contribution in [3.05, 3.63) is 65.7 Å². The summed E-state index contributed by atoms with van der Waals surface area (Å²) in [7, 11) is -3.98. The van der Waals surface area contributed by atoms with E-state index in [4.69, 9.17) is 4.74 Å². The van der Waals surface area contributed by atoms with Crippen molar-refractivity contribution in [3.63, 3.8) is 0 Å². The number of sulfonamides is 1. The van der Waals surface area contributed by atoms with Crippen LogP contribution in [0.5, 0.6) is 0 Å². The van der Waals surface area contributed by atoms with Crippen LogP contribution < -0.4 is 10.6 Å². The first-order chi connectivity index (χ1) is 15.3. The fraction of sp³-hybridized carbons (Fsp3) is 0.333. The summed E-state index contributed by atoms with van der Waals surface area (Å²) in [5.74, 6) is -2.74. The highest BCUT2D eigenvalue weighted by Gasteiger charge is 2.34. The van der Waals surface area contributed by atoms with Crippen molar-refractivity contribution in [2.45, 2.75) is 24.0 Å². The summed E-state index contributed by atoms with van der Waals surface area (Å²) in [6.07, 6.45) is -0.140. The molecule has 1 fully saturated rings. The topological polar surface area (TPSA) is 105 Å². The fourth-order valence-electron chi connectivity index (χ4n) is 3.16. The summed E-state index contributed by atoms with van der Waals surface area (Å²) in [5.41, 5.74) is 0.796. The first-order valence-electron chi connectivity index (χ1n) is 9.97. The van der Waals surface area contributed by atoms with Crippen LogP contribution in [0.1, 0.15) is 12.0 Å². The molecule has 172 valence electrons. The molecule has 32 heavy (non-hydrogen) atoms. The maximum Gasteiger partial charge on any atom is 0.309 e. The molecule has 0 aromatic heterocycles. The molecule has 2 N–H and O–H groups in total. The van der Waals surface area contributed by atoms with E-state index in [0.717, 1.165) is 34.1 Å². The van der Waals surface area contributed by atoms with Gasteiger partial charge in [0.2, 0.25) is 10.0 Å². The number of hydrogen-bond donors (Lipinski definition) is 2. The van der Waals surface area contributed by atoms with E-state index in [2.05, 4.69) is 10.6 Å². The summed E-state index contributed by atoms with van der Waals surface area (Å²) in [5, 5.41) is 4.83. The highest BCUT2D eigenvalue weighted by molar-refractivity contribution is 7.89. The number of benzene rings is 2. The maximum absolute atomic E-state index is 13.1. The van der Waals surface area contributed by atoms with Crippen LogP contribution in [0.2, 0.25) is 0 Å². The van der Waals surface area contributed by atoms with Crippen LogP contribution in [-0.4, -0.2) is 57.0 Å². The first kappa shape index (κ1) is 23.8. The zero-order chi connectivity index (χ0) is 23.1. The third-order valence-corrected chi connectivity index (χ3v) is 6.73. The number of nitrogens with zero attached hydrogens (tertiary/aromatic N) is 1. The molecule has 1 atom stereocenters. The lowest BCUT2D eigenvalue weighted by Crippen LogP contribution is -2.53. The predicted molar refractivity (Wildman–Crippen MR) is 111 cm³/mol. The van der Waals surface area contributed by atoms with Gasteiger partial charge >= 0.3 is 11.8 Å². The summed E-state index contributed by atoms with van der Waals surface area (Å²) < 4.78 is 58.4. The first-order valence-corrected chi connectivity index (χ1v) is 11.4. The highest BCUT2D eigenvalue weighted by Crippen LogP contribution is 2.22. The molecule has 8 nitrogen and oxygen atoms in total. The minimum atomic E-state index is -3.98. The minimum Gasteiger partial charge on any atom is -0.360 e. The van der Waals surface area contributed by atoms with Crippen LogP contribution in [0.25, 0.3) is 0 Å². The van der Waals surface area contributed by atoms with Crippen LogP contribution in [0.3, 0.4) is 0 Å². The number of rotatable bonds is 7. The second-order valence-electron chi connectivity index (χ2n) is 7.09. The Hall–Kier alpha value is -2.89. The van der Waals surface area contributed by atoms with Crippen LogP contribution in [0, 0.1) is 11.6 Å². The Labute approximate surface area is 184 Å². The number of hydrogen-bond acceptors (Lipinski definition) is 5. The van der Waals surface area contributed by atoms with Gasteiger partial charge in [-0.15, -0.1) is 0 Å². The smallest absolute Gasteiger partial charge is 0.309 e. The zero-order valence-corrected chi connectivity index (χ0v) is 17.9. The van der Waals surface area contributed by atoms with Crippen molar-refractivity contribution in [2.75, 3.05) is 26.2 Å². The molecule has 1 saturated heterocycles. The lowest BCUT2D eigenvalue weighted by Gasteiger charge is -2.34. The molecule has 2 amide bonds. The molecule has 0 radical (unpaired) electrons. The molecule has 0 spiro atoms. The molecule has 0 saturated carbocycles. The van der Waals surface area contributed by atoms with Crippen molar-refractivity contribution in [1.82, 2.24) is 14.9 Å². The number of halogens is 2. The Morgan fingerprint density at radius 3 is 2.22 bits per heavy atom. The number of nitrogens with one attached hydrogen (secondary N) is 2. The molecule has 0 bridgehead atoms. The van der Waals surface area contributed by atoms with Crippen LogP contribution >= 0.6 is 0 Å². The van der Waals surface area contributed by atoms with E-state index in [1.165, 1.54) is 12.1 Å². The Balaban J connectivity index is 1.53. The van der Waals surface area contributed by atoms with Gasteiger partial charge in [-0.05, 0) is 54.8 Å². The van der Waals surface area contributed by atoms with Gasteiger partial charge in [0, 0.05) is 13.1 Å². The fourth-order valence-corrected chi connectivity index (χ4v) is 4.72. The average Bonchev–Trinajstić information content (AvgIpc) is 2.79. The van der Waals surface area contributed by atoms with Crippen LogP contribution in [-0.2, 0) is 30.8 Å². The summed E-state index contributed by atoms with van der Waals surface area (Å²) in [4.78, 5) is 24.0. The Bertz CT molecular complexity index is 1050. The lowest BCUT2D eigenvalue weighted by atomic mass is 10.1. The maximum atomic E-state index is 13.1. The molecule has 0 aliphatic carbocycles. The van der Waals surface area contributed by atoms with Crippen molar-refractivity contribution in [3.8, 4) is 0 Å². The number of ether oxygens (including phenoxy) is 1. The SMILES string of the molecule is O=C(NCCc1ccc(F)cc1)C(=O)NC[C@H]1OCCCN1S(=O)(=O)c1ccc(F)cc1. The van der Waals surface area contributed by atoms with E-state index < -0.39 is 33.9 Å². The monoisotopic (exact) mass is 467 g/mol. The standard InChI is InChI=1S/C21H23F2N3O5S/c22-16-4-2-15(3-5-16)10-11-24-20(27)21(28)25-14-19-26(12-1-13-31-19)32(29,30)18-8-6-17(23)7-9-18/h2-9,19H,1,10-14H2,(H,24,27)(H,25,28)/t19-/m1/s1. The molecule has 1 aliphatic heterocycles. The van der Waals surface area contributed by atoms with Crippen molar-refractivity contribution < 1.29 is 31.5 Å². The van der Waals surface area contributed by atoms with E-state index in [9.17, 15) is 26.8 Å². The Morgan fingerprint density at radius 2 is 1.56 bits per heavy atom. The molecule has 2 aromatic carbocycles. The normalized spacial score (nSPS) is 17.0. The molecular formula is C21H23F2N3O5S. The quantitative estimate of drug-likeness (QED) is 0.595. The van der Waals surface area contributed by atoms with Gasteiger partial charge in [0.05, 0.1) is 18.0 Å². The number of amides is 2. The average molecular weight is 467 g/mol. The van der Waals surface area contributed by atoms with E-state index >= 15 is 0 Å². The second-order valence-corrected chi connectivity index (χ2v) is 8.98. The Kier molecular flexibility index (Phi) is 7.89. The van der Waals surface area contributed by atoms with Crippen molar-refractivity contribution in [1.29, 1.82) is 0 Å². The molecule has 2 aromatic rings. The molecule has 0 unspecified atom stereocenters. The Morgan fingerprint density at radius 1 is 0.969 bits per heavy atom. The van der Waals surface area contributed by atoms with Gasteiger partial charge in [0.25, 0.3) is 0 Å². The van der Waals surface area contributed by atoms with Crippen molar-refractivity contribution in [2.24, 2.45) is 0 Å². The third-order valence-electron chi connectivity index (χ3n) is 4.83.